The molecule has 22 heavy (non-hydrogen) atoms. The summed E-state index contributed by atoms with van der Waals surface area (Å²) >= 11 is 0. The number of amides is 1. The summed E-state index contributed by atoms with van der Waals surface area (Å²) in [5.41, 5.74) is 1.07. The van der Waals surface area contributed by atoms with Crippen molar-refractivity contribution in [1.82, 2.24) is 9.80 Å². The van der Waals surface area contributed by atoms with Crippen LogP contribution in [-0.4, -0.2) is 55.5 Å². The van der Waals surface area contributed by atoms with Crippen LogP contribution in [-0.2, 0) is 4.79 Å². The molecule has 4 heteroatoms. The van der Waals surface area contributed by atoms with Crippen molar-refractivity contribution in [3.63, 3.8) is 0 Å². The van der Waals surface area contributed by atoms with Crippen LogP contribution in [0.3, 0.4) is 0 Å². The van der Waals surface area contributed by atoms with Crippen LogP contribution in [0.5, 0.6) is 5.75 Å². The maximum absolute atomic E-state index is 11.9. The Hall–Kier alpha value is -2.07. The van der Waals surface area contributed by atoms with Crippen molar-refractivity contribution in [1.29, 1.82) is 0 Å². The van der Waals surface area contributed by atoms with Gasteiger partial charge in [-0.3, -0.25) is 9.69 Å². The lowest BCUT2D eigenvalue weighted by Crippen LogP contribution is -2.33. The lowest BCUT2D eigenvalue weighted by molar-refractivity contribution is -0.129. The van der Waals surface area contributed by atoms with Crippen LogP contribution >= 0.6 is 0 Å². The van der Waals surface area contributed by atoms with E-state index >= 15 is 0 Å². The Morgan fingerprint density at radius 1 is 1.23 bits per heavy atom. The molecule has 1 fully saturated rings. The Morgan fingerprint density at radius 3 is 2.82 bits per heavy atom. The zero-order chi connectivity index (χ0) is 15.8. The van der Waals surface area contributed by atoms with Gasteiger partial charge in [0.25, 0.3) is 0 Å². The molecule has 0 atom stereocenters. The van der Waals surface area contributed by atoms with Crippen molar-refractivity contribution in [3.8, 4) is 5.75 Å². The van der Waals surface area contributed by atoms with Crippen LogP contribution in [0.15, 0.2) is 43.0 Å². The summed E-state index contributed by atoms with van der Waals surface area (Å²) in [6, 6.07) is 7.95. The molecule has 1 amide bonds. The first-order valence-corrected chi connectivity index (χ1v) is 7.65. The average Bonchev–Trinajstić information content (AvgIpc) is 2.71. The molecule has 1 aliphatic heterocycles. The lowest BCUT2D eigenvalue weighted by atomic mass is 10.2. The summed E-state index contributed by atoms with van der Waals surface area (Å²) in [5.74, 6) is 1.10. The highest BCUT2D eigenvalue weighted by Gasteiger charge is 2.18. The van der Waals surface area contributed by atoms with Crippen LogP contribution in [0.1, 0.15) is 12.0 Å². The Kier molecular flexibility index (Phi) is 6.22. The third-order valence-electron chi connectivity index (χ3n) is 3.83. The van der Waals surface area contributed by atoms with Gasteiger partial charge in [-0.05, 0) is 6.07 Å². The van der Waals surface area contributed by atoms with Gasteiger partial charge in [0.1, 0.15) is 5.75 Å². The minimum Gasteiger partial charge on any atom is -0.496 e. The van der Waals surface area contributed by atoms with Crippen molar-refractivity contribution in [2.45, 2.75) is 6.42 Å². The molecule has 0 bridgehead atoms. The molecule has 0 radical (unpaired) electrons. The van der Waals surface area contributed by atoms with Gasteiger partial charge in [-0.25, -0.2) is 0 Å². The van der Waals surface area contributed by atoms with Gasteiger partial charge < -0.3 is 9.64 Å². The average molecular weight is 300 g/mol. The number of para-hydroxylation sites is 1. The third-order valence-corrected chi connectivity index (χ3v) is 3.83. The first kappa shape index (κ1) is 16.3. The largest absolute Gasteiger partial charge is 0.496 e. The third kappa shape index (κ3) is 4.46. The van der Waals surface area contributed by atoms with Crippen molar-refractivity contribution < 1.29 is 9.53 Å². The van der Waals surface area contributed by atoms with Gasteiger partial charge in [0.05, 0.1) is 7.11 Å². The summed E-state index contributed by atoms with van der Waals surface area (Å²) in [5, 5.41) is 0. The summed E-state index contributed by atoms with van der Waals surface area (Å²) in [6.07, 6.45) is 6.57. The number of benzene rings is 1. The normalized spacial score (nSPS) is 16.8. The van der Waals surface area contributed by atoms with Crippen molar-refractivity contribution in [2.75, 3.05) is 39.8 Å². The fraction of sp³-hybridized carbons (Fsp3) is 0.389. The fourth-order valence-corrected chi connectivity index (χ4v) is 2.57. The highest BCUT2D eigenvalue weighted by molar-refractivity contribution is 5.76. The Balaban J connectivity index is 1.90. The monoisotopic (exact) mass is 300 g/mol. The Bertz CT molecular complexity index is 540. The number of carbonyl (C=O) groups excluding carboxylic acids is 1. The molecule has 0 unspecified atom stereocenters. The smallest absolute Gasteiger partial charge is 0.224 e. The van der Waals surface area contributed by atoms with E-state index in [0.29, 0.717) is 13.0 Å². The molecule has 0 aromatic heterocycles. The number of hydrogen-bond donors (Lipinski definition) is 0. The lowest BCUT2D eigenvalue weighted by Gasteiger charge is -2.19. The van der Waals surface area contributed by atoms with E-state index in [4.69, 9.17) is 4.74 Å². The first-order chi connectivity index (χ1) is 10.7. The Labute approximate surface area is 132 Å². The number of methoxy groups -OCH3 is 1. The van der Waals surface area contributed by atoms with E-state index in [0.717, 1.165) is 37.5 Å². The minimum absolute atomic E-state index is 0.219. The first-order valence-electron chi connectivity index (χ1n) is 7.65. The van der Waals surface area contributed by atoms with E-state index in [9.17, 15) is 4.79 Å². The summed E-state index contributed by atoms with van der Waals surface area (Å²) < 4.78 is 5.34. The zero-order valence-electron chi connectivity index (χ0n) is 13.2. The molecule has 0 spiro atoms. The number of carbonyl (C=O) groups is 1. The second-order valence-corrected chi connectivity index (χ2v) is 5.32. The van der Waals surface area contributed by atoms with E-state index < -0.39 is 0 Å². The standard InChI is InChI=1S/C18H24N2O2/c1-3-11-20-15-14-19(13-10-18(20)21)12-6-8-16-7-4-5-9-17(16)22-2/h3-9H,1,10-15H2,2H3/b8-6+. The summed E-state index contributed by atoms with van der Waals surface area (Å²) in [6.45, 7) is 7.67. The quantitative estimate of drug-likeness (QED) is 0.757. The van der Waals surface area contributed by atoms with E-state index in [1.54, 1.807) is 13.2 Å². The fourth-order valence-electron chi connectivity index (χ4n) is 2.57. The van der Waals surface area contributed by atoms with Crippen LogP contribution in [0, 0.1) is 0 Å². The minimum atomic E-state index is 0.219. The Morgan fingerprint density at radius 2 is 2.05 bits per heavy atom. The topological polar surface area (TPSA) is 32.8 Å². The maximum Gasteiger partial charge on any atom is 0.224 e. The number of ether oxygens (including phenoxy) is 1. The number of rotatable bonds is 6. The second kappa shape index (κ2) is 8.39. The molecule has 1 aromatic rings. The van der Waals surface area contributed by atoms with Gasteiger partial charge >= 0.3 is 0 Å². The predicted octanol–water partition coefficient (Wildman–Crippen LogP) is 2.43. The van der Waals surface area contributed by atoms with Gasteiger partial charge in [-0.2, -0.15) is 0 Å². The predicted molar refractivity (Wildman–Crippen MR) is 89.9 cm³/mol. The van der Waals surface area contributed by atoms with Gasteiger partial charge in [0, 0.05) is 44.7 Å². The molecule has 4 nitrogen and oxygen atoms in total. The number of nitrogens with zero attached hydrogens (tertiary/aromatic N) is 2. The molecule has 1 aromatic carbocycles. The molecular formula is C18H24N2O2. The van der Waals surface area contributed by atoms with E-state index in [1.807, 2.05) is 29.2 Å². The molecule has 118 valence electrons. The van der Waals surface area contributed by atoms with E-state index in [2.05, 4.69) is 23.6 Å². The van der Waals surface area contributed by atoms with Crippen LogP contribution < -0.4 is 4.74 Å². The molecule has 1 saturated heterocycles. The highest BCUT2D eigenvalue weighted by Crippen LogP contribution is 2.18. The van der Waals surface area contributed by atoms with Gasteiger partial charge in [0.15, 0.2) is 0 Å². The molecule has 0 N–H and O–H groups in total. The summed E-state index contributed by atoms with van der Waals surface area (Å²) in [4.78, 5) is 16.1. The zero-order valence-corrected chi connectivity index (χ0v) is 13.2. The van der Waals surface area contributed by atoms with Gasteiger partial charge in [-0.1, -0.05) is 36.4 Å². The number of hydrogen-bond acceptors (Lipinski definition) is 3. The van der Waals surface area contributed by atoms with E-state index in [-0.39, 0.29) is 5.91 Å². The highest BCUT2D eigenvalue weighted by atomic mass is 16.5. The van der Waals surface area contributed by atoms with Crippen molar-refractivity contribution in [3.05, 3.63) is 48.6 Å². The van der Waals surface area contributed by atoms with Gasteiger partial charge in [-0.15, -0.1) is 6.58 Å². The SMILES string of the molecule is C=CCN1CCN(C/C=C/c2ccccc2OC)CCC1=O. The van der Waals surface area contributed by atoms with Crippen LogP contribution in [0.25, 0.3) is 6.08 Å². The summed E-state index contributed by atoms with van der Waals surface area (Å²) in [7, 11) is 1.68. The molecule has 0 saturated carbocycles. The maximum atomic E-state index is 11.9. The van der Waals surface area contributed by atoms with Crippen molar-refractivity contribution in [2.24, 2.45) is 0 Å². The molecule has 0 aliphatic carbocycles. The van der Waals surface area contributed by atoms with Crippen molar-refractivity contribution >= 4 is 12.0 Å². The molecule has 1 aliphatic rings. The van der Waals surface area contributed by atoms with Crippen LogP contribution in [0.2, 0.25) is 0 Å². The molecule has 1 heterocycles. The molecule has 2 rings (SSSR count). The molecular weight excluding hydrogens is 276 g/mol. The van der Waals surface area contributed by atoms with E-state index in [1.165, 1.54) is 0 Å². The van der Waals surface area contributed by atoms with Gasteiger partial charge in [0.2, 0.25) is 5.91 Å². The van der Waals surface area contributed by atoms with Crippen LogP contribution in [0.4, 0.5) is 0 Å². The second-order valence-electron chi connectivity index (χ2n) is 5.32.